The molecule has 0 aliphatic heterocycles. The number of nitrogens with zero attached hydrogens (tertiary/aromatic N) is 2. The fourth-order valence-electron chi connectivity index (χ4n) is 3.77. The molecule has 0 aliphatic carbocycles. The fraction of sp³-hybridized carbons (Fsp3) is 0.231. The quantitative estimate of drug-likeness (QED) is 0.353. The molecule has 4 rings (SSSR count). The lowest BCUT2D eigenvalue weighted by Gasteiger charge is -2.17. The largest absolute Gasteiger partial charge is 0.493 e. The first kappa shape index (κ1) is 23.4. The molecule has 4 aromatic rings. The molecular weight excluding hydrogens is 454 g/mol. The Morgan fingerprint density at radius 1 is 1.03 bits per heavy atom. The van der Waals surface area contributed by atoms with Crippen LogP contribution in [0.5, 0.6) is 17.2 Å². The van der Waals surface area contributed by atoms with E-state index in [2.05, 4.69) is 9.88 Å². The van der Waals surface area contributed by atoms with E-state index in [1.165, 1.54) is 7.11 Å². The Morgan fingerprint density at radius 2 is 1.76 bits per heavy atom. The molecular formula is C26H26ClN3O4. The molecule has 0 radical (unpaired) electrons. The molecule has 7 nitrogen and oxygen atoms in total. The van der Waals surface area contributed by atoms with Gasteiger partial charge in [0.05, 0.1) is 37.8 Å². The van der Waals surface area contributed by atoms with Crippen LogP contribution in [0.25, 0.3) is 11.0 Å². The molecule has 0 bridgehead atoms. The van der Waals surface area contributed by atoms with Gasteiger partial charge in [-0.1, -0.05) is 23.7 Å². The van der Waals surface area contributed by atoms with Gasteiger partial charge in [-0.25, -0.2) is 4.98 Å². The van der Waals surface area contributed by atoms with Crippen LogP contribution in [0.4, 0.5) is 0 Å². The molecule has 0 spiro atoms. The van der Waals surface area contributed by atoms with E-state index >= 15 is 0 Å². The van der Waals surface area contributed by atoms with E-state index in [1.807, 2.05) is 43.3 Å². The van der Waals surface area contributed by atoms with Gasteiger partial charge in [0.2, 0.25) is 0 Å². The second kappa shape index (κ2) is 10.5. The predicted octanol–water partition coefficient (Wildman–Crippen LogP) is 5.28. The standard InChI is InChI=1S/C26H26ClN3O4/c1-17(28-26(31)18-8-13-23(32-2)24(16-18)33-3)25-29-21-6-4-5-7-22(21)30(25)14-15-34-20-11-9-19(27)10-12-20/h4-13,16-17H,14-15H2,1-3H3,(H,28,31). The summed E-state index contributed by atoms with van der Waals surface area (Å²) in [5, 5.41) is 3.70. The van der Waals surface area contributed by atoms with Crippen molar-refractivity contribution in [3.05, 3.63) is 83.1 Å². The number of rotatable bonds is 9. The maximum atomic E-state index is 13.0. The van der Waals surface area contributed by atoms with E-state index in [0.29, 0.717) is 35.2 Å². The van der Waals surface area contributed by atoms with Gasteiger partial charge in [0.25, 0.3) is 5.91 Å². The highest BCUT2D eigenvalue weighted by Crippen LogP contribution is 2.28. The highest BCUT2D eigenvalue weighted by atomic mass is 35.5. The monoisotopic (exact) mass is 479 g/mol. The van der Waals surface area contributed by atoms with Crippen molar-refractivity contribution in [2.75, 3.05) is 20.8 Å². The number of amides is 1. The Bertz CT molecular complexity index is 1290. The van der Waals surface area contributed by atoms with Crippen LogP contribution in [-0.2, 0) is 6.54 Å². The summed E-state index contributed by atoms with van der Waals surface area (Å²) in [6, 6.07) is 19.9. The first-order chi connectivity index (χ1) is 16.5. The van der Waals surface area contributed by atoms with Crippen LogP contribution in [0.3, 0.4) is 0 Å². The lowest BCUT2D eigenvalue weighted by Crippen LogP contribution is -2.29. The van der Waals surface area contributed by atoms with Crippen LogP contribution in [-0.4, -0.2) is 36.3 Å². The molecule has 0 aliphatic rings. The molecule has 8 heteroatoms. The molecule has 1 atom stereocenters. The van der Waals surface area contributed by atoms with Gasteiger partial charge >= 0.3 is 0 Å². The van der Waals surface area contributed by atoms with E-state index in [9.17, 15) is 4.79 Å². The number of nitrogens with one attached hydrogen (secondary N) is 1. The van der Waals surface area contributed by atoms with Crippen LogP contribution < -0.4 is 19.5 Å². The van der Waals surface area contributed by atoms with E-state index < -0.39 is 0 Å². The third-order valence-electron chi connectivity index (χ3n) is 5.46. The Morgan fingerprint density at radius 3 is 2.50 bits per heavy atom. The number of methoxy groups -OCH3 is 2. The van der Waals surface area contributed by atoms with Gasteiger partial charge in [-0.3, -0.25) is 4.79 Å². The molecule has 1 unspecified atom stereocenters. The Kier molecular flexibility index (Phi) is 7.23. The van der Waals surface area contributed by atoms with Gasteiger partial charge in [-0.05, 0) is 61.5 Å². The van der Waals surface area contributed by atoms with Crippen LogP contribution >= 0.6 is 11.6 Å². The number of halogens is 1. The maximum Gasteiger partial charge on any atom is 0.251 e. The summed E-state index contributed by atoms with van der Waals surface area (Å²) in [6.45, 7) is 2.91. The van der Waals surface area contributed by atoms with Crippen molar-refractivity contribution in [2.24, 2.45) is 0 Å². The summed E-state index contributed by atoms with van der Waals surface area (Å²) in [6.07, 6.45) is 0. The maximum absolute atomic E-state index is 13.0. The zero-order valence-electron chi connectivity index (χ0n) is 19.2. The number of hydrogen-bond donors (Lipinski definition) is 1. The normalized spacial score (nSPS) is 11.8. The first-order valence-electron chi connectivity index (χ1n) is 10.9. The van der Waals surface area contributed by atoms with Crippen molar-refractivity contribution in [3.8, 4) is 17.2 Å². The summed E-state index contributed by atoms with van der Waals surface area (Å²) in [4.78, 5) is 17.8. The molecule has 0 fully saturated rings. The van der Waals surface area contributed by atoms with Gasteiger partial charge in [-0.2, -0.15) is 0 Å². The molecule has 176 valence electrons. The van der Waals surface area contributed by atoms with Crippen molar-refractivity contribution in [3.63, 3.8) is 0 Å². The van der Waals surface area contributed by atoms with E-state index in [1.54, 1.807) is 37.4 Å². The van der Waals surface area contributed by atoms with Crippen LogP contribution in [0.2, 0.25) is 5.02 Å². The van der Waals surface area contributed by atoms with E-state index in [4.69, 9.17) is 30.8 Å². The highest BCUT2D eigenvalue weighted by molar-refractivity contribution is 6.30. The molecule has 1 heterocycles. The highest BCUT2D eigenvalue weighted by Gasteiger charge is 2.20. The Labute approximate surface area is 203 Å². The average molecular weight is 480 g/mol. The molecule has 1 amide bonds. The molecule has 0 saturated heterocycles. The Balaban J connectivity index is 1.53. The second-order valence-electron chi connectivity index (χ2n) is 7.68. The average Bonchev–Trinajstić information content (AvgIpc) is 3.23. The fourth-order valence-corrected chi connectivity index (χ4v) is 3.89. The summed E-state index contributed by atoms with van der Waals surface area (Å²) in [5.41, 5.74) is 2.30. The van der Waals surface area contributed by atoms with Crippen molar-refractivity contribution in [1.29, 1.82) is 0 Å². The SMILES string of the molecule is COc1ccc(C(=O)NC(C)c2nc3ccccc3n2CCOc2ccc(Cl)cc2)cc1OC. The number of imidazole rings is 1. The number of aromatic nitrogens is 2. The van der Waals surface area contributed by atoms with Crippen LogP contribution in [0.15, 0.2) is 66.7 Å². The molecule has 3 aromatic carbocycles. The van der Waals surface area contributed by atoms with Gasteiger partial charge in [-0.15, -0.1) is 0 Å². The number of carbonyl (C=O) groups excluding carboxylic acids is 1. The molecule has 1 aromatic heterocycles. The first-order valence-corrected chi connectivity index (χ1v) is 11.2. The van der Waals surface area contributed by atoms with Gasteiger partial charge in [0.1, 0.15) is 18.2 Å². The molecule has 34 heavy (non-hydrogen) atoms. The lowest BCUT2D eigenvalue weighted by molar-refractivity contribution is 0.0937. The Hall–Kier alpha value is -3.71. The summed E-state index contributed by atoms with van der Waals surface area (Å²) in [5.74, 6) is 2.31. The van der Waals surface area contributed by atoms with E-state index in [-0.39, 0.29) is 11.9 Å². The number of para-hydroxylation sites is 2. The molecule has 1 N–H and O–H groups in total. The van der Waals surface area contributed by atoms with Crippen molar-refractivity contribution >= 4 is 28.5 Å². The minimum atomic E-state index is -0.344. The minimum absolute atomic E-state index is 0.232. The number of ether oxygens (including phenoxy) is 3. The number of carbonyl (C=O) groups is 1. The minimum Gasteiger partial charge on any atom is -0.493 e. The lowest BCUT2D eigenvalue weighted by atomic mass is 10.1. The smallest absolute Gasteiger partial charge is 0.251 e. The van der Waals surface area contributed by atoms with Crippen molar-refractivity contribution in [2.45, 2.75) is 19.5 Å². The number of benzene rings is 3. The number of hydrogen-bond acceptors (Lipinski definition) is 5. The third kappa shape index (κ3) is 5.10. The van der Waals surface area contributed by atoms with Crippen LogP contribution in [0.1, 0.15) is 29.1 Å². The summed E-state index contributed by atoms with van der Waals surface area (Å²) < 4.78 is 18.5. The topological polar surface area (TPSA) is 74.6 Å². The number of fused-ring (bicyclic) bond motifs is 1. The van der Waals surface area contributed by atoms with Gasteiger partial charge in [0, 0.05) is 10.6 Å². The third-order valence-corrected chi connectivity index (χ3v) is 5.71. The molecule has 0 saturated carbocycles. The predicted molar refractivity (Wildman–Crippen MR) is 132 cm³/mol. The van der Waals surface area contributed by atoms with Crippen LogP contribution in [0, 0.1) is 0 Å². The van der Waals surface area contributed by atoms with Gasteiger partial charge < -0.3 is 24.1 Å². The van der Waals surface area contributed by atoms with Crippen molar-refractivity contribution < 1.29 is 19.0 Å². The van der Waals surface area contributed by atoms with Crippen molar-refractivity contribution in [1.82, 2.24) is 14.9 Å². The summed E-state index contributed by atoms with van der Waals surface area (Å²) >= 11 is 5.95. The summed E-state index contributed by atoms with van der Waals surface area (Å²) in [7, 11) is 3.09. The second-order valence-corrected chi connectivity index (χ2v) is 8.11. The van der Waals surface area contributed by atoms with Gasteiger partial charge in [0.15, 0.2) is 11.5 Å². The van der Waals surface area contributed by atoms with E-state index in [0.717, 1.165) is 22.6 Å². The zero-order valence-corrected chi connectivity index (χ0v) is 20.0. The zero-order chi connectivity index (χ0) is 24.1.